The Balaban J connectivity index is 1.54. The summed E-state index contributed by atoms with van der Waals surface area (Å²) in [6.45, 7) is 9.72. The van der Waals surface area contributed by atoms with Crippen molar-refractivity contribution in [2.45, 2.75) is 64.2 Å². The fourth-order valence-corrected chi connectivity index (χ4v) is 4.37. The molecule has 0 aliphatic heterocycles. The van der Waals surface area contributed by atoms with Crippen LogP contribution in [0.15, 0.2) is 51.9 Å². The number of hydrogen-bond acceptors (Lipinski definition) is 6. The number of carbonyl (C=O) groups is 1. The van der Waals surface area contributed by atoms with Gasteiger partial charge in [-0.15, -0.1) is 0 Å². The predicted octanol–water partition coefficient (Wildman–Crippen LogP) is 4.75. The minimum Gasteiger partial charge on any atom is -0.339 e. The first-order valence-electron chi connectivity index (χ1n) is 10.8. The molecule has 1 heterocycles. The zero-order valence-electron chi connectivity index (χ0n) is 19.6. The third kappa shape index (κ3) is 6.41. The van der Waals surface area contributed by atoms with Crippen molar-refractivity contribution in [3.8, 4) is 0 Å². The molecule has 33 heavy (non-hydrogen) atoms. The third-order valence-corrected chi connectivity index (χ3v) is 6.46. The summed E-state index contributed by atoms with van der Waals surface area (Å²) in [6.07, 6.45) is 1.35. The van der Waals surface area contributed by atoms with Gasteiger partial charge in [-0.25, -0.2) is 8.42 Å². The Morgan fingerprint density at radius 2 is 1.67 bits per heavy atom. The van der Waals surface area contributed by atoms with Gasteiger partial charge >= 0.3 is 0 Å². The van der Waals surface area contributed by atoms with Gasteiger partial charge in [0.1, 0.15) is 0 Å². The smallest absolute Gasteiger partial charge is 0.261 e. The van der Waals surface area contributed by atoms with E-state index in [2.05, 4.69) is 20.2 Å². The lowest BCUT2D eigenvalue weighted by atomic mass is 9.96. The molecule has 0 atom stereocenters. The molecule has 0 unspecified atom stereocenters. The molecule has 8 nitrogen and oxygen atoms in total. The Bertz CT molecular complexity index is 1210. The maximum atomic E-state index is 12.8. The second-order valence-electron chi connectivity index (χ2n) is 9.06. The van der Waals surface area contributed by atoms with Crippen LogP contribution in [0.2, 0.25) is 0 Å². The molecule has 1 aromatic heterocycles. The molecule has 2 aromatic carbocycles. The van der Waals surface area contributed by atoms with Crippen LogP contribution in [-0.2, 0) is 26.7 Å². The number of nitrogens with zero attached hydrogens (tertiary/aromatic N) is 2. The number of rotatable bonds is 8. The van der Waals surface area contributed by atoms with Gasteiger partial charge < -0.3 is 9.84 Å². The largest absolute Gasteiger partial charge is 0.339 e. The highest BCUT2D eigenvalue weighted by molar-refractivity contribution is 7.92. The Morgan fingerprint density at radius 1 is 1.03 bits per heavy atom. The molecule has 0 radical (unpaired) electrons. The molecule has 0 aliphatic carbocycles. The monoisotopic (exact) mass is 470 g/mol. The van der Waals surface area contributed by atoms with Crippen LogP contribution in [0.3, 0.4) is 0 Å². The van der Waals surface area contributed by atoms with E-state index in [4.69, 9.17) is 4.52 Å². The SMILES string of the molecule is Cc1cccc(C)c1NS(=O)(=O)c1ccc(NC(=O)CCCc2nc(C(C)(C)C)no2)cc1. The van der Waals surface area contributed by atoms with Gasteiger partial charge in [-0.1, -0.05) is 44.1 Å². The molecule has 1 amide bonds. The van der Waals surface area contributed by atoms with Crippen LogP contribution in [0.4, 0.5) is 11.4 Å². The molecule has 0 bridgehead atoms. The molecule has 0 saturated carbocycles. The van der Waals surface area contributed by atoms with E-state index < -0.39 is 10.0 Å². The molecule has 3 rings (SSSR count). The van der Waals surface area contributed by atoms with Gasteiger partial charge in [-0.2, -0.15) is 4.98 Å². The van der Waals surface area contributed by atoms with Gasteiger partial charge in [0.15, 0.2) is 5.82 Å². The normalized spacial score (nSPS) is 11.9. The number of nitrogens with one attached hydrogen (secondary N) is 2. The van der Waals surface area contributed by atoms with Crippen LogP contribution in [0.25, 0.3) is 0 Å². The van der Waals surface area contributed by atoms with Crippen molar-refractivity contribution in [3.63, 3.8) is 0 Å². The van der Waals surface area contributed by atoms with E-state index in [1.54, 1.807) is 12.1 Å². The molecule has 3 aromatic rings. The van der Waals surface area contributed by atoms with Crippen LogP contribution in [0.1, 0.15) is 56.5 Å². The second kappa shape index (κ2) is 9.74. The second-order valence-corrected chi connectivity index (χ2v) is 10.7. The van der Waals surface area contributed by atoms with Crippen LogP contribution in [0.5, 0.6) is 0 Å². The van der Waals surface area contributed by atoms with Crippen molar-refractivity contribution < 1.29 is 17.7 Å². The van der Waals surface area contributed by atoms with Crippen molar-refractivity contribution in [1.82, 2.24) is 10.1 Å². The van der Waals surface area contributed by atoms with Crippen LogP contribution in [0, 0.1) is 13.8 Å². The maximum Gasteiger partial charge on any atom is 0.261 e. The van der Waals surface area contributed by atoms with Crippen molar-refractivity contribution >= 4 is 27.3 Å². The fraction of sp³-hybridized carbons (Fsp3) is 0.375. The van der Waals surface area contributed by atoms with Crippen molar-refractivity contribution in [1.29, 1.82) is 0 Å². The van der Waals surface area contributed by atoms with Gasteiger partial charge in [0, 0.05) is 23.9 Å². The molecular formula is C24H30N4O4S. The number of hydrogen-bond donors (Lipinski definition) is 2. The summed E-state index contributed by atoms with van der Waals surface area (Å²) >= 11 is 0. The maximum absolute atomic E-state index is 12.8. The first-order valence-corrected chi connectivity index (χ1v) is 12.3. The Labute approximate surface area is 194 Å². The molecular weight excluding hydrogens is 440 g/mol. The van der Waals surface area contributed by atoms with Crippen molar-refractivity contribution in [2.75, 3.05) is 10.0 Å². The zero-order valence-corrected chi connectivity index (χ0v) is 20.4. The van der Waals surface area contributed by atoms with Crippen molar-refractivity contribution in [3.05, 3.63) is 65.3 Å². The molecule has 0 fully saturated rings. The van der Waals surface area contributed by atoms with Gasteiger partial charge in [0.25, 0.3) is 10.0 Å². The van der Waals surface area contributed by atoms with Gasteiger partial charge in [0.05, 0.1) is 10.6 Å². The van der Waals surface area contributed by atoms with Crippen molar-refractivity contribution in [2.24, 2.45) is 0 Å². The van der Waals surface area contributed by atoms with Gasteiger partial charge in [-0.3, -0.25) is 9.52 Å². The summed E-state index contributed by atoms with van der Waals surface area (Å²) in [7, 11) is -3.74. The summed E-state index contributed by atoms with van der Waals surface area (Å²) < 4.78 is 33.4. The number of aromatic nitrogens is 2. The lowest BCUT2D eigenvalue weighted by Crippen LogP contribution is -2.15. The quantitative estimate of drug-likeness (QED) is 0.491. The van der Waals surface area contributed by atoms with E-state index in [-0.39, 0.29) is 22.6 Å². The minimum absolute atomic E-state index is 0.120. The first-order chi connectivity index (χ1) is 15.5. The van der Waals surface area contributed by atoms with E-state index >= 15 is 0 Å². The Kier molecular flexibility index (Phi) is 7.22. The number of benzene rings is 2. The minimum atomic E-state index is -3.74. The van der Waals surface area contributed by atoms with E-state index in [9.17, 15) is 13.2 Å². The highest BCUT2D eigenvalue weighted by Crippen LogP contribution is 2.24. The number of anilines is 2. The first kappa shape index (κ1) is 24.4. The van der Waals surface area contributed by atoms with E-state index in [1.165, 1.54) is 12.1 Å². The number of aryl methyl sites for hydroxylation is 3. The van der Waals surface area contributed by atoms with Crippen LogP contribution in [-0.4, -0.2) is 24.5 Å². The summed E-state index contributed by atoms with van der Waals surface area (Å²) in [6, 6.07) is 11.7. The van der Waals surface area contributed by atoms with Gasteiger partial charge in [-0.05, 0) is 55.7 Å². The zero-order chi connectivity index (χ0) is 24.2. The topological polar surface area (TPSA) is 114 Å². The molecule has 0 aliphatic rings. The van der Waals surface area contributed by atoms with E-state index in [0.717, 1.165) is 11.1 Å². The Morgan fingerprint density at radius 3 is 2.24 bits per heavy atom. The number of carbonyl (C=O) groups excluding carboxylic acids is 1. The standard InChI is InChI=1S/C24H30N4O4S/c1-16-8-6-9-17(2)22(16)28-33(30,31)19-14-12-18(13-15-19)25-20(29)10-7-11-21-26-23(27-32-21)24(3,4)5/h6,8-9,12-15,28H,7,10-11H2,1-5H3,(H,25,29). The van der Waals surface area contributed by atoms with Crippen LogP contribution >= 0.6 is 0 Å². The summed E-state index contributed by atoms with van der Waals surface area (Å²) in [5.41, 5.74) is 2.60. The average molecular weight is 471 g/mol. The fourth-order valence-electron chi connectivity index (χ4n) is 3.17. The molecule has 176 valence electrons. The molecule has 2 N–H and O–H groups in total. The Hall–Kier alpha value is -3.20. The summed E-state index contributed by atoms with van der Waals surface area (Å²) in [5.74, 6) is 0.984. The highest BCUT2D eigenvalue weighted by atomic mass is 32.2. The lowest BCUT2D eigenvalue weighted by Gasteiger charge is -2.13. The molecule has 9 heteroatoms. The highest BCUT2D eigenvalue weighted by Gasteiger charge is 2.21. The summed E-state index contributed by atoms with van der Waals surface area (Å²) in [4.78, 5) is 16.7. The predicted molar refractivity (Wildman–Crippen MR) is 128 cm³/mol. The summed E-state index contributed by atoms with van der Waals surface area (Å²) in [5, 5.41) is 6.76. The number of amides is 1. The van der Waals surface area contributed by atoms with E-state index in [1.807, 2.05) is 52.8 Å². The lowest BCUT2D eigenvalue weighted by molar-refractivity contribution is -0.116. The van der Waals surface area contributed by atoms with Crippen LogP contribution < -0.4 is 10.0 Å². The number of sulfonamides is 1. The molecule has 0 spiro atoms. The van der Waals surface area contributed by atoms with E-state index in [0.29, 0.717) is 35.9 Å². The third-order valence-electron chi connectivity index (χ3n) is 5.10. The number of para-hydroxylation sites is 1. The average Bonchev–Trinajstić information content (AvgIpc) is 3.21. The molecule has 0 saturated heterocycles. The van der Waals surface area contributed by atoms with Gasteiger partial charge in [0.2, 0.25) is 11.8 Å².